The number of hydrogen-bond donors (Lipinski definition) is 3. The summed E-state index contributed by atoms with van der Waals surface area (Å²) in [4.78, 5) is 12.2. The summed E-state index contributed by atoms with van der Waals surface area (Å²) in [6, 6.07) is 11.0. The maximum Gasteiger partial charge on any atom is 0.407 e. The van der Waals surface area contributed by atoms with Gasteiger partial charge in [-0.1, -0.05) is 30.3 Å². The highest BCUT2D eigenvalue weighted by Crippen LogP contribution is 2.27. The number of carbonyl (C=O) groups is 1. The SMILES string of the molecule is O=C(NCC(O)C(O)c1cc(Br)cs1)OCc1ccccc1. The predicted octanol–water partition coefficient (Wildman–Crippen LogP) is 2.83. The van der Waals surface area contributed by atoms with Gasteiger partial charge in [-0.3, -0.25) is 0 Å². The number of nitrogens with one attached hydrogen (secondary N) is 1. The van der Waals surface area contributed by atoms with Crippen LogP contribution in [0.15, 0.2) is 46.3 Å². The molecule has 3 N–H and O–H groups in total. The first-order valence-electron chi connectivity index (χ1n) is 6.61. The maximum atomic E-state index is 11.6. The van der Waals surface area contributed by atoms with Crippen LogP contribution < -0.4 is 5.32 Å². The summed E-state index contributed by atoms with van der Waals surface area (Å²) in [6.07, 6.45) is -2.79. The number of thiophene rings is 1. The molecule has 5 nitrogen and oxygen atoms in total. The van der Waals surface area contributed by atoms with Crippen LogP contribution in [0.4, 0.5) is 4.79 Å². The third-order valence-corrected chi connectivity index (χ3v) is 4.68. The zero-order valence-electron chi connectivity index (χ0n) is 11.6. The van der Waals surface area contributed by atoms with E-state index in [0.717, 1.165) is 10.0 Å². The van der Waals surface area contributed by atoms with E-state index in [-0.39, 0.29) is 13.2 Å². The van der Waals surface area contributed by atoms with E-state index >= 15 is 0 Å². The summed E-state index contributed by atoms with van der Waals surface area (Å²) in [5.41, 5.74) is 0.877. The second kappa shape index (κ2) is 8.28. The van der Waals surface area contributed by atoms with E-state index in [1.54, 1.807) is 6.07 Å². The molecule has 1 aromatic heterocycles. The first-order valence-corrected chi connectivity index (χ1v) is 8.28. The molecule has 0 bridgehead atoms. The van der Waals surface area contributed by atoms with Crippen LogP contribution in [-0.2, 0) is 11.3 Å². The van der Waals surface area contributed by atoms with Crippen LogP contribution in [-0.4, -0.2) is 29.0 Å². The fourth-order valence-electron chi connectivity index (χ4n) is 1.75. The van der Waals surface area contributed by atoms with Crippen LogP contribution >= 0.6 is 27.3 Å². The van der Waals surface area contributed by atoms with E-state index in [1.165, 1.54) is 11.3 Å². The molecule has 7 heteroatoms. The number of alkyl carbamates (subject to hydrolysis) is 1. The lowest BCUT2D eigenvalue weighted by Gasteiger charge is -2.17. The van der Waals surface area contributed by atoms with Crippen LogP contribution in [0.5, 0.6) is 0 Å². The van der Waals surface area contributed by atoms with Crippen LogP contribution in [0.2, 0.25) is 0 Å². The molecule has 2 rings (SSSR count). The number of carbonyl (C=O) groups excluding carboxylic acids is 1. The summed E-state index contributed by atoms with van der Waals surface area (Å²) < 4.78 is 5.86. The molecular weight excluding hydrogens is 370 g/mol. The van der Waals surface area contributed by atoms with Gasteiger partial charge in [0.25, 0.3) is 0 Å². The predicted molar refractivity (Wildman–Crippen MR) is 87.6 cm³/mol. The minimum absolute atomic E-state index is 0.0929. The van der Waals surface area contributed by atoms with Gasteiger partial charge in [-0.05, 0) is 27.6 Å². The Morgan fingerprint density at radius 2 is 2.05 bits per heavy atom. The number of ether oxygens (including phenoxy) is 1. The fraction of sp³-hybridized carbons (Fsp3) is 0.267. The highest BCUT2D eigenvalue weighted by molar-refractivity contribution is 9.10. The molecule has 118 valence electrons. The van der Waals surface area contributed by atoms with E-state index in [9.17, 15) is 15.0 Å². The lowest BCUT2D eigenvalue weighted by Crippen LogP contribution is -2.35. The van der Waals surface area contributed by atoms with Crippen molar-refractivity contribution in [3.63, 3.8) is 0 Å². The second-order valence-corrected chi connectivity index (χ2v) is 6.48. The molecule has 0 aliphatic rings. The summed E-state index contributed by atoms with van der Waals surface area (Å²) in [5, 5.41) is 24.1. The summed E-state index contributed by atoms with van der Waals surface area (Å²) >= 11 is 4.61. The van der Waals surface area contributed by atoms with Crippen molar-refractivity contribution in [1.29, 1.82) is 0 Å². The fourth-order valence-corrected chi connectivity index (χ4v) is 3.23. The second-order valence-electron chi connectivity index (χ2n) is 4.62. The molecule has 1 aromatic carbocycles. The average molecular weight is 386 g/mol. The van der Waals surface area contributed by atoms with Crippen LogP contribution in [0.3, 0.4) is 0 Å². The Hall–Kier alpha value is -1.41. The molecule has 2 atom stereocenters. The molecule has 2 unspecified atom stereocenters. The molecule has 0 spiro atoms. The summed E-state index contributed by atoms with van der Waals surface area (Å²) in [7, 11) is 0. The Morgan fingerprint density at radius 3 is 2.68 bits per heavy atom. The number of aliphatic hydroxyl groups is 2. The van der Waals surface area contributed by atoms with Crippen LogP contribution in [0.25, 0.3) is 0 Å². The van der Waals surface area contributed by atoms with Gasteiger partial charge in [-0.2, -0.15) is 0 Å². The van der Waals surface area contributed by atoms with Gasteiger partial charge in [-0.15, -0.1) is 11.3 Å². The van der Waals surface area contributed by atoms with Gasteiger partial charge >= 0.3 is 6.09 Å². The van der Waals surface area contributed by atoms with E-state index in [0.29, 0.717) is 4.88 Å². The first kappa shape index (κ1) is 17.0. The zero-order chi connectivity index (χ0) is 15.9. The van der Waals surface area contributed by atoms with E-state index in [1.807, 2.05) is 35.7 Å². The summed E-state index contributed by atoms with van der Waals surface area (Å²) in [5.74, 6) is 0. The Balaban J connectivity index is 1.73. The van der Waals surface area contributed by atoms with E-state index in [2.05, 4.69) is 21.2 Å². The van der Waals surface area contributed by atoms with Gasteiger partial charge < -0.3 is 20.3 Å². The number of rotatable bonds is 6. The Kier molecular flexibility index (Phi) is 6.38. The van der Waals surface area contributed by atoms with Gasteiger partial charge in [0.2, 0.25) is 0 Å². The summed E-state index contributed by atoms with van der Waals surface area (Å²) in [6.45, 7) is 0.0630. The van der Waals surface area contributed by atoms with Crippen molar-refractivity contribution in [3.05, 3.63) is 56.7 Å². The number of halogens is 1. The molecule has 0 radical (unpaired) electrons. The quantitative estimate of drug-likeness (QED) is 0.714. The van der Waals surface area contributed by atoms with Crippen LogP contribution in [0.1, 0.15) is 16.5 Å². The largest absolute Gasteiger partial charge is 0.445 e. The molecule has 22 heavy (non-hydrogen) atoms. The highest BCUT2D eigenvalue weighted by Gasteiger charge is 2.20. The van der Waals surface area contributed by atoms with Crippen molar-refractivity contribution in [3.8, 4) is 0 Å². The smallest absolute Gasteiger partial charge is 0.407 e. The van der Waals surface area contributed by atoms with Crippen molar-refractivity contribution in [2.45, 2.75) is 18.8 Å². The Morgan fingerprint density at radius 1 is 1.32 bits per heavy atom. The van der Waals surface area contributed by atoms with E-state index < -0.39 is 18.3 Å². The number of aliphatic hydroxyl groups excluding tert-OH is 2. The van der Waals surface area contributed by atoms with Crippen molar-refractivity contribution in [1.82, 2.24) is 5.32 Å². The molecule has 1 heterocycles. The normalized spacial score (nSPS) is 13.4. The highest BCUT2D eigenvalue weighted by atomic mass is 79.9. The molecule has 1 amide bonds. The van der Waals surface area contributed by atoms with Crippen molar-refractivity contribution in [2.24, 2.45) is 0 Å². The zero-order valence-corrected chi connectivity index (χ0v) is 14.0. The molecule has 0 saturated carbocycles. The molecule has 0 fully saturated rings. The first-order chi connectivity index (χ1) is 10.6. The van der Waals surface area contributed by atoms with Crippen molar-refractivity contribution < 1.29 is 19.7 Å². The van der Waals surface area contributed by atoms with Gasteiger partial charge in [0.1, 0.15) is 18.8 Å². The lowest BCUT2D eigenvalue weighted by molar-refractivity contribution is 0.0205. The lowest BCUT2D eigenvalue weighted by atomic mass is 10.2. The Labute approximate surface area is 140 Å². The van der Waals surface area contributed by atoms with Crippen molar-refractivity contribution in [2.75, 3.05) is 6.54 Å². The average Bonchev–Trinajstić information content (AvgIpc) is 2.97. The maximum absolute atomic E-state index is 11.6. The third kappa shape index (κ3) is 5.10. The molecule has 2 aromatic rings. The molecule has 0 saturated heterocycles. The Bertz CT molecular complexity index is 605. The number of hydrogen-bond acceptors (Lipinski definition) is 5. The van der Waals surface area contributed by atoms with Gasteiger partial charge in [0.05, 0.1) is 0 Å². The van der Waals surface area contributed by atoms with Crippen molar-refractivity contribution >= 4 is 33.4 Å². The van der Waals surface area contributed by atoms with Crippen LogP contribution in [0, 0.1) is 0 Å². The minimum Gasteiger partial charge on any atom is -0.445 e. The minimum atomic E-state index is -1.10. The van der Waals surface area contributed by atoms with Gasteiger partial charge in [0.15, 0.2) is 0 Å². The van der Waals surface area contributed by atoms with E-state index in [4.69, 9.17) is 4.74 Å². The molecule has 0 aliphatic carbocycles. The monoisotopic (exact) mass is 385 g/mol. The van der Waals surface area contributed by atoms with Gasteiger partial charge in [0, 0.05) is 21.3 Å². The topological polar surface area (TPSA) is 78.8 Å². The standard InChI is InChI=1S/C15H16BrNO4S/c16-11-6-13(22-9-11)14(19)12(18)7-17-15(20)21-8-10-4-2-1-3-5-10/h1-6,9,12,14,18-19H,7-8H2,(H,17,20). The number of benzene rings is 1. The molecular formula is C15H16BrNO4S. The van der Waals surface area contributed by atoms with Gasteiger partial charge in [-0.25, -0.2) is 4.79 Å². The third-order valence-electron chi connectivity index (χ3n) is 2.91. The molecule has 0 aliphatic heterocycles. The number of amides is 1.